The Bertz CT molecular complexity index is 1450. The number of Topliss-reactive ketones (excluding diaryl/α,β-unsaturated/α-hetero) is 2. The van der Waals surface area contributed by atoms with Crippen molar-refractivity contribution in [2.45, 2.75) is 66.2 Å². The van der Waals surface area contributed by atoms with E-state index in [0.29, 0.717) is 47.7 Å². The van der Waals surface area contributed by atoms with Crippen LogP contribution in [-0.4, -0.2) is 42.6 Å². The molecular weight excluding hydrogens is 596 g/mol. The fourth-order valence-electron chi connectivity index (χ4n) is 6.63. The van der Waals surface area contributed by atoms with Crippen molar-refractivity contribution in [3.63, 3.8) is 0 Å². The van der Waals surface area contributed by atoms with Gasteiger partial charge in [-0.3, -0.25) is 14.4 Å². The molecule has 5 rings (SSSR count). The van der Waals surface area contributed by atoms with Crippen LogP contribution >= 0.6 is 15.9 Å². The van der Waals surface area contributed by atoms with Gasteiger partial charge in [0.1, 0.15) is 11.5 Å². The molecule has 0 aromatic heterocycles. The zero-order valence-corrected chi connectivity index (χ0v) is 26.8. The van der Waals surface area contributed by atoms with Gasteiger partial charge in [0.25, 0.3) is 5.91 Å². The van der Waals surface area contributed by atoms with Gasteiger partial charge in [0.15, 0.2) is 18.2 Å². The van der Waals surface area contributed by atoms with Gasteiger partial charge in [-0.2, -0.15) is 0 Å². The van der Waals surface area contributed by atoms with Gasteiger partial charge in [0, 0.05) is 63.6 Å². The molecule has 0 spiro atoms. The molecule has 8 heteroatoms. The molecule has 1 N–H and O–H groups in total. The van der Waals surface area contributed by atoms with Gasteiger partial charge in [-0.25, -0.2) is 0 Å². The number of hydrogen-bond acceptors (Lipinski definition) is 6. The van der Waals surface area contributed by atoms with Gasteiger partial charge in [-0.15, -0.1) is 0 Å². The quantitative estimate of drug-likeness (QED) is 0.347. The number of halogens is 1. The van der Waals surface area contributed by atoms with Crippen molar-refractivity contribution in [3.8, 4) is 11.5 Å². The number of nitrogens with one attached hydrogen (secondary N) is 1. The van der Waals surface area contributed by atoms with E-state index in [1.54, 1.807) is 37.4 Å². The molecule has 0 saturated carbocycles. The van der Waals surface area contributed by atoms with Crippen molar-refractivity contribution < 1.29 is 23.9 Å². The average molecular weight is 636 g/mol. The number of nitrogens with zero attached hydrogens (tertiary/aromatic N) is 1. The van der Waals surface area contributed by atoms with E-state index < -0.39 is 5.92 Å². The summed E-state index contributed by atoms with van der Waals surface area (Å²) < 4.78 is 12.1. The molecule has 0 unspecified atom stereocenters. The number of rotatable bonds is 7. The largest absolute Gasteiger partial charge is 0.497 e. The molecule has 2 aromatic carbocycles. The molecule has 7 nitrogen and oxygen atoms in total. The lowest BCUT2D eigenvalue weighted by atomic mass is 9.63. The maximum atomic E-state index is 14.0. The Morgan fingerprint density at radius 2 is 1.50 bits per heavy atom. The first-order valence-electron chi connectivity index (χ1n) is 14.5. The summed E-state index contributed by atoms with van der Waals surface area (Å²) in [6.07, 6.45) is 2.32. The summed E-state index contributed by atoms with van der Waals surface area (Å²) >= 11 is 3.61. The number of anilines is 1. The van der Waals surface area contributed by atoms with Crippen LogP contribution < -0.4 is 14.8 Å². The van der Waals surface area contributed by atoms with Crippen LogP contribution in [0, 0.1) is 10.8 Å². The molecule has 1 amide bonds. The summed E-state index contributed by atoms with van der Waals surface area (Å²) in [6, 6.07) is 12.7. The van der Waals surface area contributed by atoms with Crippen molar-refractivity contribution >= 4 is 39.1 Å². The standard InChI is InChI=1S/C34H39BrN2O5/c1-7-37-24-15-33(2,3)17-26(38)31(24)30(32-25(37)16-34(4,5)18-27(32)39)23-14-20(35)8-13-28(23)42-19-29(40)36-21-9-11-22(41-6)12-10-21/h8-14,30H,7,15-19H2,1-6H3,(H,36,40). The lowest BCUT2D eigenvalue weighted by Gasteiger charge is -2.49. The van der Waals surface area contributed by atoms with Crippen molar-refractivity contribution in [3.05, 3.63) is 75.0 Å². The smallest absolute Gasteiger partial charge is 0.262 e. The second-order valence-corrected chi connectivity index (χ2v) is 13.9. The molecule has 0 radical (unpaired) electrons. The Balaban J connectivity index is 1.56. The number of carbonyl (C=O) groups excluding carboxylic acids is 3. The minimum Gasteiger partial charge on any atom is -0.497 e. The minimum atomic E-state index is -0.554. The molecule has 1 heterocycles. The topological polar surface area (TPSA) is 84.9 Å². The van der Waals surface area contributed by atoms with Crippen molar-refractivity contribution in [1.29, 1.82) is 0 Å². The van der Waals surface area contributed by atoms with Crippen LogP contribution in [0.1, 0.15) is 71.8 Å². The zero-order valence-electron chi connectivity index (χ0n) is 25.2. The number of allylic oxidation sites excluding steroid dienone is 4. The minimum absolute atomic E-state index is 0.0667. The van der Waals surface area contributed by atoms with Crippen LogP contribution in [0.5, 0.6) is 11.5 Å². The van der Waals surface area contributed by atoms with Crippen molar-refractivity contribution in [1.82, 2.24) is 4.90 Å². The molecule has 2 aliphatic carbocycles. The Kier molecular flexibility index (Phi) is 8.14. The highest BCUT2D eigenvalue weighted by Crippen LogP contribution is 2.55. The van der Waals surface area contributed by atoms with Gasteiger partial charge < -0.3 is 19.7 Å². The van der Waals surface area contributed by atoms with Gasteiger partial charge in [-0.1, -0.05) is 43.6 Å². The third kappa shape index (κ3) is 5.91. The zero-order chi connectivity index (χ0) is 30.4. The van der Waals surface area contributed by atoms with E-state index >= 15 is 0 Å². The molecule has 0 saturated heterocycles. The first-order chi connectivity index (χ1) is 19.8. The van der Waals surface area contributed by atoms with Crippen LogP contribution in [0.25, 0.3) is 0 Å². The molecule has 3 aliphatic rings. The molecule has 0 fully saturated rings. The monoisotopic (exact) mass is 634 g/mol. The summed E-state index contributed by atoms with van der Waals surface area (Å²) in [7, 11) is 1.59. The van der Waals surface area contributed by atoms with Gasteiger partial charge in [-0.05, 0) is 73.1 Å². The van der Waals surface area contributed by atoms with E-state index in [9.17, 15) is 14.4 Å². The number of ketones is 2. The van der Waals surface area contributed by atoms with E-state index in [2.05, 4.69) is 60.8 Å². The van der Waals surface area contributed by atoms with E-state index in [1.807, 2.05) is 12.1 Å². The molecule has 2 aromatic rings. The second-order valence-electron chi connectivity index (χ2n) is 13.0. The van der Waals surface area contributed by atoms with Gasteiger partial charge in [0.05, 0.1) is 7.11 Å². The number of amides is 1. The van der Waals surface area contributed by atoms with E-state index in [4.69, 9.17) is 9.47 Å². The third-order valence-electron chi connectivity index (χ3n) is 8.35. The Hall–Kier alpha value is -3.39. The normalized spacial score (nSPS) is 19.8. The molecule has 1 aliphatic heterocycles. The summed E-state index contributed by atoms with van der Waals surface area (Å²) in [5.74, 6) is 0.436. The summed E-state index contributed by atoms with van der Waals surface area (Å²) in [5, 5.41) is 2.85. The molecule has 0 bridgehead atoms. The highest BCUT2D eigenvalue weighted by molar-refractivity contribution is 9.10. The Morgan fingerprint density at radius 3 is 2.02 bits per heavy atom. The highest BCUT2D eigenvalue weighted by atomic mass is 79.9. The van der Waals surface area contributed by atoms with Crippen LogP contribution in [0.2, 0.25) is 0 Å². The highest BCUT2D eigenvalue weighted by Gasteiger charge is 2.49. The van der Waals surface area contributed by atoms with Crippen LogP contribution in [0.3, 0.4) is 0 Å². The summed E-state index contributed by atoms with van der Waals surface area (Å²) in [5.41, 5.74) is 4.38. The van der Waals surface area contributed by atoms with Gasteiger partial charge in [0.2, 0.25) is 0 Å². The van der Waals surface area contributed by atoms with E-state index in [-0.39, 0.29) is 34.9 Å². The first kappa shape index (κ1) is 30.1. The Morgan fingerprint density at radius 1 is 0.929 bits per heavy atom. The Labute approximate surface area is 256 Å². The van der Waals surface area contributed by atoms with E-state index in [1.165, 1.54) is 0 Å². The maximum absolute atomic E-state index is 14.0. The predicted molar refractivity (Wildman–Crippen MR) is 166 cm³/mol. The predicted octanol–water partition coefficient (Wildman–Crippen LogP) is 7.18. The number of ether oxygens (including phenoxy) is 2. The number of benzene rings is 2. The maximum Gasteiger partial charge on any atom is 0.262 e. The summed E-state index contributed by atoms with van der Waals surface area (Å²) in [6.45, 7) is 11.1. The number of carbonyl (C=O) groups is 3. The van der Waals surface area contributed by atoms with Crippen molar-refractivity contribution in [2.75, 3.05) is 25.6 Å². The fourth-order valence-corrected chi connectivity index (χ4v) is 7.01. The summed E-state index contributed by atoms with van der Waals surface area (Å²) in [4.78, 5) is 43.0. The number of methoxy groups -OCH3 is 1. The number of hydrogen-bond donors (Lipinski definition) is 1. The lowest BCUT2D eigenvalue weighted by Crippen LogP contribution is -2.44. The van der Waals surface area contributed by atoms with Crippen molar-refractivity contribution in [2.24, 2.45) is 10.8 Å². The molecule has 0 atom stereocenters. The molecule has 42 heavy (non-hydrogen) atoms. The van der Waals surface area contributed by atoms with Gasteiger partial charge >= 0.3 is 0 Å². The first-order valence-corrected chi connectivity index (χ1v) is 15.3. The van der Waals surface area contributed by atoms with Crippen LogP contribution in [-0.2, 0) is 14.4 Å². The lowest BCUT2D eigenvalue weighted by molar-refractivity contribution is -0.120. The average Bonchev–Trinajstić information content (AvgIpc) is 2.90. The third-order valence-corrected chi connectivity index (χ3v) is 8.85. The molecular formula is C34H39BrN2O5. The molecule has 222 valence electrons. The fraction of sp³-hybridized carbons (Fsp3) is 0.441. The SMILES string of the molecule is CCN1C2=C(C(=O)CC(C)(C)C2)C(c2cc(Br)ccc2OCC(=O)Nc2ccc(OC)cc2)C2=C1CC(C)(C)CC2=O. The van der Waals surface area contributed by atoms with E-state index in [0.717, 1.165) is 34.3 Å². The van der Waals surface area contributed by atoms with Crippen LogP contribution in [0.4, 0.5) is 5.69 Å². The second kappa shape index (κ2) is 11.4. The van der Waals surface area contributed by atoms with Crippen LogP contribution in [0.15, 0.2) is 69.5 Å².